The summed E-state index contributed by atoms with van der Waals surface area (Å²) in [6.07, 6.45) is 1.82. The Balaban J connectivity index is 1.47. The van der Waals surface area contributed by atoms with E-state index in [1.54, 1.807) is 22.5 Å². The topological polar surface area (TPSA) is 83.6 Å². The third-order valence-corrected chi connectivity index (χ3v) is 7.63. The summed E-state index contributed by atoms with van der Waals surface area (Å²) in [6.45, 7) is -2.83. The first-order valence-electron chi connectivity index (χ1n) is 14.8. The molecular weight excluding hydrogens is 490 g/mol. The molecule has 1 aliphatic carbocycles. The van der Waals surface area contributed by atoms with Gasteiger partial charge in [0.25, 0.3) is 5.91 Å². The number of amides is 1. The van der Waals surface area contributed by atoms with Crippen LogP contribution in [0.3, 0.4) is 0 Å². The predicted octanol–water partition coefficient (Wildman–Crippen LogP) is 4.54. The van der Waals surface area contributed by atoms with Crippen molar-refractivity contribution in [1.29, 1.82) is 0 Å². The van der Waals surface area contributed by atoms with Crippen LogP contribution in [0.15, 0.2) is 41.2 Å². The molecule has 1 aromatic carbocycles. The zero-order chi connectivity index (χ0) is 30.7. The van der Waals surface area contributed by atoms with Crippen LogP contribution in [0.25, 0.3) is 28.2 Å². The maximum Gasteiger partial charge on any atom is 0.274 e. The number of rotatable bonds is 6. The zero-order valence-corrected chi connectivity index (χ0v) is 21.1. The highest BCUT2D eigenvalue weighted by atomic mass is 32.1. The van der Waals surface area contributed by atoms with Crippen molar-refractivity contribution >= 4 is 17.2 Å². The van der Waals surface area contributed by atoms with Gasteiger partial charge in [-0.05, 0) is 42.8 Å². The van der Waals surface area contributed by atoms with Crippen molar-refractivity contribution in [3.05, 3.63) is 52.5 Å². The normalized spacial score (nSPS) is 21.4. The van der Waals surface area contributed by atoms with Gasteiger partial charge in [0, 0.05) is 65.5 Å². The lowest BCUT2D eigenvalue weighted by Gasteiger charge is -2.25. The molecule has 0 spiro atoms. The molecule has 2 atom stereocenters. The van der Waals surface area contributed by atoms with E-state index in [0.717, 1.165) is 4.90 Å². The number of benzene rings is 1. The van der Waals surface area contributed by atoms with Crippen molar-refractivity contribution in [2.45, 2.75) is 38.0 Å². The molecule has 1 amide bonds. The highest BCUT2D eigenvalue weighted by Gasteiger charge is 2.36. The van der Waals surface area contributed by atoms with E-state index in [0.29, 0.717) is 51.7 Å². The Hall–Kier alpha value is -3.63. The fourth-order valence-electron chi connectivity index (χ4n) is 5.08. The molecule has 10 heteroatoms. The van der Waals surface area contributed by atoms with E-state index in [9.17, 15) is 4.79 Å². The second-order valence-corrected chi connectivity index (χ2v) is 9.94. The molecule has 1 aliphatic heterocycles. The number of aromatic nitrogens is 4. The maximum absolute atomic E-state index is 14.2. The van der Waals surface area contributed by atoms with Crippen LogP contribution >= 0.6 is 11.3 Å². The molecule has 6 rings (SSSR count). The maximum atomic E-state index is 14.2. The van der Waals surface area contributed by atoms with Gasteiger partial charge in [0.05, 0.1) is 34.4 Å². The highest BCUT2D eigenvalue weighted by molar-refractivity contribution is 7.08. The summed E-state index contributed by atoms with van der Waals surface area (Å²) in [5.41, 5.74) is 3.74. The first-order chi connectivity index (χ1) is 20.3. The second-order valence-electron chi connectivity index (χ2n) is 9.16. The molecule has 2 aliphatic rings. The van der Waals surface area contributed by atoms with E-state index >= 15 is 0 Å². The van der Waals surface area contributed by atoms with Crippen LogP contribution in [0.1, 0.15) is 43.5 Å². The molecule has 192 valence electrons. The third-order valence-electron chi connectivity index (χ3n) is 6.96. The molecule has 3 aromatic heterocycles. The lowest BCUT2D eigenvalue weighted by Crippen LogP contribution is -2.36. The summed E-state index contributed by atoms with van der Waals surface area (Å²) in [6, 6.07) is 6.61. The van der Waals surface area contributed by atoms with Crippen molar-refractivity contribution in [3.8, 4) is 39.7 Å². The van der Waals surface area contributed by atoms with Crippen molar-refractivity contribution < 1.29 is 27.2 Å². The first kappa shape index (κ1) is 17.8. The van der Waals surface area contributed by atoms with Crippen molar-refractivity contribution in [2.24, 2.45) is 7.05 Å². The number of fused-ring (bicyclic) bond motifs is 3. The summed E-state index contributed by atoms with van der Waals surface area (Å²) in [7, 11) is 0.765. The molecule has 0 bridgehead atoms. The molecule has 1 fully saturated rings. The van der Waals surface area contributed by atoms with Crippen LogP contribution in [-0.4, -0.2) is 63.6 Å². The Morgan fingerprint density at radius 3 is 2.92 bits per heavy atom. The van der Waals surface area contributed by atoms with Crippen LogP contribution in [-0.2, 0) is 18.4 Å². The Kier molecular flexibility index (Phi) is 4.49. The SMILES string of the molecule is [2H]C([2H])([2H])O[C@H]1CC[C@H](N(C(=O)c2nn(-c3ccsc3)c3c2COc2cc(OC)c(-c4ccn(C)n4)cc2-3)C([2H])([2H])[2H])C1. The lowest BCUT2D eigenvalue weighted by atomic mass is 9.97. The van der Waals surface area contributed by atoms with Crippen molar-refractivity contribution in [3.63, 3.8) is 0 Å². The number of ether oxygens (including phenoxy) is 3. The number of thiophene rings is 1. The fraction of sp³-hybridized carbons (Fsp3) is 0.370. The van der Waals surface area contributed by atoms with Gasteiger partial charge >= 0.3 is 0 Å². The first-order valence-corrected chi connectivity index (χ1v) is 12.8. The van der Waals surface area contributed by atoms with Gasteiger partial charge in [-0.2, -0.15) is 21.5 Å². The molecule has 4 aromatic rings. The second kappa shape index (κ2) is 9.35. The monoisotopic (exact) mass is 525 g/mol. The van der Waals surface area contributed by atoms with Crippen molar-refractivity contribution in [2.75, 3.05) is 21.1 Å². The van der Waals surface area contributed by atoms with E-state index in [4.69, 9.17) is 27.5 Å². The third kappa shape index (κ3) is 4.00. The smallest absolute Gasteiger partial charge is 0.274 e. The van der Waals surface area contributed by atoms with Gasteiger partial charge in [0.15, 0.2) is 5.69 Å². The number of carbonyl (C=O) groups excluding carboxylic acids is 1. The van der Waals surface area contributed by atoms with E-state index in [1.165, 1.54) is 11.3 Å². The van der Waals surface area contributed by atoms with E-state index < -0.39 is 32.1 Å². The largest absolute Gasteiger partial charge is 0.496 e. The van der Waals surface area contributed by atoms with Gasteiger partial charge in [-0.3, -0.25) is 9.48 Å². The van der Waals surface area contributed by atoms with Gasteiger partial charge < -0.3 is 19.1 Å². The minimum absolute atomic E-state index is 0.0239. The fourth-order valence-corrected chi connectivity index (χ4v) is 5.70. The quantitative estimate of drug-likeness (QED) is 0.368. The van der Waals surface area contributed by atoms with Gasteiger partial charge in [0.1, 0.15) is 18.1 Å². The van der Waals surface area contributed by atoms with Crippen LogP contribution in [0.2, 0.25) is 0 Å². The number of hydrogen-bond donors (Lipinski definition) is 0. The Morgan fingerprint density at radius 2 is 2.19 bits per heavy atom. The van der Waals surface area contributed by atoms with Crippen LogP contribution in [0.5, 0.6) is 11.5 Å². The van der Waals surface area contributed by atoms with Crippen LogP contribution in [0, 0.1) is 0 Å². The summed E-state index contributed by atoms with van der Waals surface area (Å²) in [5.74, 6) is 0.297. The van der Waals surface area contributed by atoms with Gasteiger partial charge in [-0.15, -0.1) is 0 Å². The minimum Gasteiger partial charge on any atom is -0.496 e. The van der Waals surface area contributed by atoms with Crippen LogP contribution in [0.4, 0.5) is 0 Å². The molecule has 0 radical (unpaired) electrons. The molecule has 0 unspecified atom stereocenters. The van der Waals surface area contributed by atoms with Gasteiger partial charge in [0.2, 0.25) is 0 Å². The van der Waals surface area contributed by atoms with E-state index in [1.807, 2.05) is 42.2 Å². The summed E-state index contributed by atoms with van der Waals surface area (Å²) in [4.78, 5) is 15.0. The van der Waals surface area contributed by atoms with Gasteiger partial charge in [-0.1, -0.05) is 0 Å². The van der Waals surface area contributed by atoms with E-state index in [2.05, 4.69) is 5.10 Å². The molecule has 37 heavy (non-hydrogen) atoms. The van der Waals surface area contributed by atoms with Crippen LogP contribution < -0.4 is 9.47 Å². The number of hydrogen-bond acceptors (Lipinski definition) is 7. The highest BCUT2D eigenvalue weighted by Crippen LogP contribution is 2.46. The number of aryl methyl sites for hydroxylation is 1. The summed E-state index contributed by atoms with van der Waals surface area (Å²) in [5, 5.41) is 13.0. The standard InChI is InChI=1S/C27H29N5O4S/c1-30-9-7-22(28-30)19-12-20-24(13-23(19)35-4)36-14-21-25(29-32(26(20)21)17-8-10-37-15-17)27(33)31(2)16-5-6-18(11-16)34-3/h7-10,12-13,15-16,18H,5-6,11,14H2,1-4H3/t16-,18-/m0/s1/i2D3,3D3. The Morgan fingerprint density at radius 1 is 1.27 bits per heavy atom. The van der Waals surface area contributed by atoms with E-state index in [-0.39, 0.29) is 25.1 Å². The number of nitrogens with zero attached hydrogens (tertiary/aromatic N) is 5. The van der Waals surface area contributed by atoms with Crippen molar-refractivity contribution in [1.82, 2.24) is 24.5 Å². The predicted molar refractivity (Wildman–Crippen MR) is 140 cm³/mol. The molecule has 9 nitrogen and oxygen atoms in total. The zero-order valence-electron chi connectivity index (χ0n) is 26.3. The molecule has 0 N–H and O–H groups in total. The molecule has 4 heterocycles. The number of carbonyl (C=O) groups is 1. The Bertz CT molecular complexity index is 1660. The molecule has 0 saturated heterocycles. The minimum atomic E-state index is -2.80. The summed E-state index contributed by atoms with van der Waals surface area (Å²) < 4.78 is 67.3. The molecule has 1 saturated carbocycles. The number of methoxy groups -OCH3 is 2. The average Bonchev–Trinajstić information content (AvgIpc) is 3.73. The molecular formula is C27H29N5O4S. The lowest BCUT2D eigenvalue weighted by molar-refractivity contribution is 0.0686. The Labute approximate surface area is 227 Å². The summed E-state index contributed by atoms with van der Waals surface area (Å²) >= 11 is 1.46. The average molecular weight is 526 g/mol. The van der Waals surface area contributed by atoms with Gasteiger partial charge in [-0.25, -0.2) is 4.68 Å².